The highest BCUT2D eigenvalue weighted by Gasteiger charge is 2.08. The first-order chi connectivity index (χ1) is 11.3. The lowest BCUT2D eigenvalue weighted by Crippen LogP contribution is -2.27. The molecular formula is C19H24N3S. The largest absolute Gasteiger partial charge is 0.371 e. The van der Waals surface area contributed by atoms with Crippen LogP contribution in [-0.4, -0.2) is 18.1 Å². The molecule has 0 spiro atoms. The molecule has 0 atom stereocenters. The zero-order valence-corrected chi connectivity index (χ0v) is 14.6. The Labute approximate surface area is 143 Å². The van der Waals surface area contributed by atoms with E-state index in [2.05, 4.69) is 45.9 Å². The van der Waals surface area contributed by atoms with Gasteiger partial charge < -0.3 is 4.90 Å². The van der Waals surface area contributed by atoms with E-state index in [4.69, 9.17) is 5.26 Å². The molecule has 0 bridgehead atoms. The summed E-state index contributed by atoms with van der Waals surface area (Å²) >= 11 is 1.53. The molecule has 1 aromatic heterocycles. The number of anilines is 1. The lowest BCUT2D eigenvalue weighted by Gasteiger charge is -2.24. The van der Waals surface area contributed by atoms with Crippen LogP contribution in [-0.2, 0) is 6.42 Å². The summed E-state index contributed by atoms with van der Waals surface area (Å²) < 4.78 is 0. The zero-order chi connectivity index (χ0) is 16.3. The quantitative estimate of drug-likeness (QED) is 0.587. The smallest absolute Gasteiger partial charge is 0.152 e. The van der Waals surface area contributed by atoms with Gasteiger partial charge >= 0.3 is 0 Å². The summed E-state index contributed by atoms with van der Waals surface area (Å²) in [5.74, 6) is 0. The Morgan fingerprint density at radius 3 is 2.57 bits per heavy atom. The second-order valence-electron chi connectivity index (χ2n) is 5.74. The van der Waals surface area contributed by atoms with E-state index in [1.54, 1.807) is 0 Å². The molecule has 3 nitrogen and oxygen atoms in total. The number of nitriles is 1. The van der Waals surface area contributed by atoms with Gasteiger partial charge in [0.05, 0.1) is 17.3 Å². The molecule has 0 unspecified atom stereocenters. The first-order valence-electron chi connectivity index (χ1n) is 8.39. The van der Waals surface area contributed by atoms with Crippen LogP contribution in [0.25, 0.3) is 0 Å². The summed E-state index contributed by atoms with van der Waals surface area (Å²) in [6.07, 6.45) is 7.35. The van der Waals surface area contributed by atoms with Crippen molar-refractivity contribution < 1.29 is 0 Å². The zero-order valence-electron chi connectivity index (χ0n) is 13.8. The van der Waals surface area contributed by atoms with Crippen LogP contribution in [0.15, 0.2) is 29.6 Å². The molecule has 121 valence electrons. The van der Waals surface area contributed by atoms with Crippen LogP contribution in [0.3, 0.4) is 0 Å². The fourth-order valence-corrected chi connectivity index (χ4v) is 3.12. The predicted molar refractivity (Wildman–Crippen MR) is 96.8 cm³/mol. The summed E-state index contributed by atoms with van der Waals surface area (Å²) in [7, 11) is 0. The Morgan fingerprint density at radius 1 is 1.13 bits per heavy atom. The van der Waals surface area contributed by atoms with Gasteiger partial charge in [0.25, 0.3) is 0 Å². The van der Waals surface area contributed by atoms with Crippen molar-refractivity contribution in [3.63, 3.8) is 0 Å². The van der Waals surface area contributed by atoms with E-state index in [9.17, 15) is 0 Å². The van der Waals surface area contributed by atoms with Gasteiger partial charge in [-0.15, -0.1) is 11.3 Å². The molecule has 0 aliphatic carbocycles. The van der Waals surface area contributed by atoms with Gasteiger partial charge in [0, 0.05) is 30.6 Å². The van der Waals surface area contributed by atoms with Gasteiger partial charge in [-0.3, -0.25) is 0 Å². The molecule has 0 saturated carbocycles. The molecule has 1 heterocycles. The number of unbranched alkanes of at least 4 members (excludes halogenated alkanes) is 4. The predicted octanol–water partition coefficient (Wildman–Crippen LogP) is 4.83. The molecule has 2 rings (SSSR count). The molecule has 1 radical (unpaired) electrons. The Morgan fingerprint density at radius 2 is 1.91 bits per heavy atom. The summed E-state index contributed by atoms with van der Waals surface area (Å²) in [4.78, 5) is 6.66. The van der Waals surface area contributed by atoms with Crippen LogP contribution in [0.2, 0.25) is 0 Å². The third-order valence-electron chi connectivity index (χ3n) is 3.97. The molecule has 0 aliphatic rings. The van der Waals surface area contributed by atoms with Crippen LogP contribution < -0.4 is 4.90 Å². The van der Waals surface area contributed by atoms with Gasteiger partial charge in [0.15, 0.2) is 5.51 Å². The maximum Gasteiger partial charge on any atom is 0.152 e. The third kappa shape index (κ3) is 6.03. The van der Waals surface area contributed by atoms with E-state index < -0.39 is 0 Å². The number of nitrogens with zero attached hydrogens (tertiary/aromatic N) is 3. The van der Waals surface area contributed by atoms with Crippen LogP contribution in [0.5, 0.6) is 0 Å². The van der Waals surface area contributed by atoms with E-state index in [0.29, 0.717) is 5.56 Å². The number of hydrogen-bond donors (Lipinski definition) is 0. The molecular weight excluding hydrogens is 302 g/mol. The fourth-order valence-electron chi connectivity index (χ4n) is 2.59. The average Bonchev–Trinajstić information content (AvgIpc) is 3.11. The number of rotatable bonds is 10. The van der Waals surface area contributed by atoms with Crippen molar-refractivity contribution in [2.45, 2.75) is 45.4 Å². The van der Waals surface area contributed by atoms with Gasteiger partial charge in [-0.25, -0.2) is 4.98 Å². The van der Waals surface area contributed by atoms with Gasteiger partial charge in [0.1, 0.15) is 0 Å². The average molecular weight is 326 g/mol. The summed E-state index contributed by atoms with van der Waals surface area (Å²) in [5.41, 5.74) is 5.93. The normalized spacial score (nSPS) is 10.4. The third-order valence-corrected chi connectivity index (χ3v) is 4.55. The maximum atomic E-state index is 8.95. The number of benzene rings is 1. The number of hydrogen-bond acceptors (Lipinski definition) is 4. The molecule has 23 heavy (non-hydrogen) atoms. The van der Waals surface area contributed by atoms with Crippen molar-refractivity contribution in [1.29, 1.82) is 5.26 Å². The van der Waals surface area contributed by atoms with Gasteiger partial charge in [-0.1, -0.05) is 32.6 Å². The molecule has 0 fully saturated rings. The van der Waals surface area contributed by atoms with E-state index in [-0.39, 0.29) is 0 Å². The summed E-state index contributed by atoms with van der Waals surface area (Å²) in [6, 6.07) is 10.1. The van der Waals surface area contributed by atoms with Gasteiger partial charge in [-0.2, -0.15) is 5.26 Å². The Hall–Kier alpha value is -1.86. The van der Waals surface area contributed by atoms with Crippen LogP contribution >= 0.6 is 11.3 Å². The lowest BCUT2D eigenvalue weighted by atomic mass is 10.1. The summed E-state index contributed by atoms with van der Waals surface area (Å²) in [5, 5.41) is 11.0. The molecule has 0 aliphatic heterocycles. The van der Waals surface area contributed by atoms with E-state index >= 15 is 0 Å². The highest BCUT2D eigenvalue weighted by molar-refractivity contribution is 7.07. The SMILES string of the molecule is CCCCCCCN(CCc1cs[c]n1)c1ccc(C#N)cc1. The van der Waals surface area contributed by atoms with Crippen LogP contribution in [0.1, 0.15) is 50.3 Å². The molecule has 0 amide bonds. The van der Waals surface area contributed by atoms with Crippen LogP contribution in [0.4, 0.5) is 5.69 Å². The second-order valence-corrected chi connectivity index (χ2v) is 6.39. The Kier molecular flexibility index (Phi) is 7.62. The van der Waals surface area contributed by atoms with Crippen molar-refractivity contribution >= 4 is 17.0 Å². The van der Waals surface area contributed by atoms with Crippen molar-refractivity contribution in [3.05, 3.63) is 46.4 Å². The Balaban J connectivity index is 1.93. The fraction of sp³-hybridized carbons (Fsp3) is 0.474. The van der Waals surface area contributed by atoms with Crippen molar-refractivity contribution in [2.75, 3.05) is 18.0 Å². The molecule has 0 N–H and O–H groups in total. The highest BCUT2D eigenvalue weighted by Crippen LogP contribution is 2.17. The minimum atomic E-state index is 0.714. The van der Waals surface area contributed by atoms with Crippen molar-refractivity contribution in [1.82, 2.24) is 4.98 Å². The maximum absolute atomic E-state index is 8.95. The van der Waals surface area contributed by atoms with Crippen molar-refractivity contribution in [2.24, 2.45) is 0 Å². The Bertz CT molecular complexity index is 584. The van der Waals surface area contributed by atoms with Gasteiger partial charge in [-0.05, 0) is 30.7 Å². The molecule has 1 aromatic carbocycles. The first kappa shape index (κ1) is 17.5. The van der Waals surface area contributed by atoms with Crippen molar-refractivity contribution in [3.8, 4) is 6.07 Å². The molecule has 4 heteroatoms. The minimum absolute atomic E-state index is 0.714. The molecule has 0 saturated heterocycles. The standard InChI is InChI=1S/C19H24N3S/c1-2-3-4-5-6-12-22(13-11-18-15-23-16-21-18)19-9-7-17(14-20)8-10-19/h7-10,15H,2-6,11-13H2,1H3. The minimum Gasteiger partial charge on any atom is -0.371 e. The second kappa shape index (κ2) is 10.0. The van der Waals surface area contributed by atoms with Crippen LogP contribution in [0, 0.1) is 16.8 Å². The summed E-state index contributed by atoms with van der Waals surface area (Å²) in [6.45, 7) is 4.26. The van der Waals surface area contributed by atoms with Gasteiger partial charge in [0.2, 0.25) is 0 Å². The highest BCUT2D eigenvalue weighted by atomic mass is 32.1. The first-order valence-corrected chi connectivity index (χ1v) is 9.27. The van der Waals surface area contributed by atoms with E-state index in [1.165, 1.54) is 49.1 Å². The topological polar surface area (TPSA) is 39.9 Å². The van der Waals surface area contributed by atoms with E-state index in [1.807, 2.05) is 12.1 Å². The lowest BCUT2D eigenvalue weighted by molar-refractivity contribution is 0.616. The monoisotopic (exact) mass is 326 g/mol. The molecule has 2 aromatic rings. The number of thiazole rings is 1. The van der Waals surface area contributed by atoms with E-state index in [0.717, 1.165) is 25.2 Å². The number of aromatic nitrogens is 1.